The van der Waals surface area contributed by atoms with Crippen LogP contribution in [-0.4, -0.2) is 38.9 Å². The minimum atomic E-state index is -0.545. The summed E-state index contributed by atoms with van der Waals surface area (Å²) in [5.41, 5.74) is 3.99. The number of hydrogen-bond donors (Lipinski definition) is 2. The summed E-state index contributed by atoms with van der Waals surface area (Å²) in [5.74, 6) is 0.0300. The molecule has 0 spiro atoms. The van der Waals surface area contributed by atoms with E-state index in [0.29, 0.717) is 29.4 Å². The number of aromatic nitrogens is 1. The molecule has 0 fully saturated rings. The van der Waals surface area contributed by atoms with E-state index in [9.17, 15) is 9.90 Å². The van der Waals surface area contributed by atoms with E-state index in [4.69, 9.17) is 21.3 Å². The van der Waals surface area contributed by atoms with Gasteiger partial charge in [-0.3, -0.25) is 0 Å². The number of ether oxygens (including phenoxy) is 1. The Balaban J connectivity index is 1.68. The zero-order valence-corrected chi connectivity index (χ0v) is 21.6. The van der Waals surface area contributed by atoms with Crippen molar-refractivity contribution in [1.82, 2.24) is 9.88 Å². The first kappa shape index (κ1) is 25.3. The molecule has 36 heavy (non-hydrogen) atoms. The number of amides is 1. The Morgan fingerprint density at radius 3 is 2.39 bits per heavy atom. The molecule has 0 radical (unpaired) electrons. The van der Waals surface area contributed by atoms with Crippen LogP contribution in [0.25, 0.3) is 10.9 Å². The summed E-state index contributed by atoms with van der Waals surface area (Å²) in [4.78, 5) is 22.1. The summed E-state index contributed by atoms with van der Waals surface area (Å²) in [6.45, 7) is 8.47. The Kier molecular flexibility index (Phi) is 7.36. The zero-order chi connectivity index (χ0) is 25.9. The molecule has 6 nitrogen and oxygen atoms in total. The maximum atomic E-state index is 12.5. The number of halogens is 1. The van der Waals surface area contributed by atoms with Gasteiger partial charge in [0, 0.05) is 29.1 Å². The second kappa shape index (κ2) is 10.5. The maximum Gasteiger partial charge on any atom is 0.410 e. The van der Waals surface area contributed by atoms with Crippen molar-refractivity contribution in [2.75, 3.05) is 6.54 Å². The second-order valence-corrected chi connectivity index (χ2v) is 9.96. The Hall–Kier alpha value is -3.77. The SMILES string of the molecule is CCN(Cc1ccc(N=C(c2ccccc2)c2c(O)[nH]c3cc(Cl)ccc23)cc1)C(=O)OC(C)(C)C. The highest BCUT2D eigenvalue weighted by atomic mass is 35.5. The van der Waals surface area contributed by atoms with Gasteiger partial charge in [-0.1, -0.05) is 60.1 Å². The minimum Gasteiger partial charge on any atom is -0.494 e. The van der Waals surface area contributed by atoms with Crippen LogP contribution in [-0.2, 0) is 11.3 Å². The maximum absolute atomic E-state index is 12.5. The van der Waals surface area contributed by atoms with E-state index in [0.717, 1.165) is 27.7 Å². The van der Waals surface area contributed by atoms with Crippen molar-refractivity contribution < 1.29 is 14.6 Å². The van der Waals surface area contributed by atoms with E-state index in [-0.39, 0.29) is 12.0 Å². The van der Waals surface area contributed by atoms with Crippen molar-refractivity contribution >= 4 is 40.0 Å². The number of H-pyrrole nitrogens is 1. The Labute approximate surface area is 216 Å². The lowest BCUT2D eigenvalue weighted by molar-refractivity contribution is 0.0244. The van der Waals surface area contributed by atoms with Crippen molar-refractivity contribution in [1.29, 1.82) is 0 Å². The van der Waals surface area contributed by atoms with Crippen LogP contribution >= 0.6 is 11.6 Å². The van der Waals surface area contributed by atoms with Gasteiger partial charge in [-0.15, -0.1) is 0 Å². The number of aromatic hydroxyl groups is 1. The lowest BCUT2D eigenvalue weighted by Gasteiger charge is -2.26. The molecule has 3 aromatic carbocycles. The average Bonchev–Trinajstić information content (AvgIpc) is 3.15. The number of hydrogen-bond acceptors (Lipinski definition) is 4. The smallest absolute Gasteiger partial charge is 0.410 e. The van der Waals surface area contributed by atoms with Crippen LogP contribution in [0.5, 0.6) is 5.88 Å². The van der Waals surface area contributed by atoms with E-state index in [1.54, 1.807) is 17.0 Å². The van der Waals surface area contributed by atoms with Gasteiger partial charge in [0.1, 0.15) is 5.60 Å². The molecule has 0 saturated carbocycles. The van der Waals surface area contributed by atoms with Gasteiger partial charge in [0.15, 0.2) is 5.88 Å². The van der Waals surface area contributed by atoms with Crippen molar-refractivity contribution in [3.8, 4) is 5.88 Å². The van der Waals surface area contributed by atoms with Gasteiger partial charge in [0.2, 0.25) is 0 Å². The van der Waals surface area contributed by atoms with E-state index in [1.807, 2.05) is 88.4 Å². The fourth-order valence-corrected chi connectivity index (χ4v) is 4.09. The monoisotopic (exact) mass is 503 g/mol. The molecule has 1 aromatic heterocycles. The molecule has 4 rings (SSSR count). The van der Waals surface area contributed by atoms with Crippen LogP contribution in [0, 0.1) is 0 Å². The molecule has 4 aromatic rings. The first-order valence-corrected chi connectivity index (χ1v) is 12.2. The van der Waals surface area contributed by atoms with Crippen molar-refractivity contribution in [2.24, 2.45) is 4.99 Å². The Morgan fingerprint density at radius 2 is 1.75 bits per heavy atom. The molecule has 0 atom stereocenters. The molecule has 1 amide bonds. The van der Waals surface area contributed by atoms with Gasteiger partial charge in [-0.05, 0) is 57.5 Å². The zero-order valence-electron chi connectivity index (χ0n) is 20.9. The predicted molar refractivity (Wildman–Crippen MR) is 145 cm³/mol. The summed E-state index contributed by atoms with van der Waals surface area (Å²) in [6, 6.07) is 22.9. The van der Waals surface area contributed by atoms with E-state index in [1.165, 1.54) is 0 Å². The predicted octanol–water partition coefficient (Wildman–Crippen LogP) is 7.45. The third kappa shape index (κ3) is 5.89. The van der Waals surface area contributed by atoms with Gasteiger partial charge in [0.05, 0.1) is 22.5 Å². The fourth-order valence-electron chi connectivity index (χ4n) is 3.91. The number of aromatic amines is 1. The summed E-state index contributed by atoms with van der Waals surface area (Å²) >= 11 is 6.15. The van der Waals surface area contributed by atoms with Crippen LogP contribution < -0.4 is 0 Å². The fraction of sp³-hybridized carbons (Fsp3) is 0.241. The molecule has 186 valence electrons. The standard InChI is InChI=1S/C29H30ClN3O3/c1-5-33(28(35)36-29(2,3)4)18-19-11-14-22(15-12-19)31-26(20-9-7-6-8-10-20)25-23-16-13-21(30)17-24(23)32-27(25)34/h6-17,32,34H,5,18H2,1-4H3. The Bertz CT molecular complexity index is 1390. The number of fused-ring (bicyclic) bond motifs is 1. The molecule has 0 saturated heterocycles. The van der Waals surface area contributed by atoms with E-state index >= 15 is 0 Å². The molecule has 0 aliphatic rings. The molecule has 1 heterocycles. The number of nitrogens with one attached hydrogen (secondary N) is 1. The van der Waals surface area contributed by atoms with Crippen molar-refractivity contribution in [3.05, 3.63) is 94.5 Å². The topological polar surface area (TPSA) is 77.9 Å². The molecule has 0 bridgehead atoms. The van der Waals surface area contributed by atoms with Crippen LogP contribution in [0.4, 0.5) is 10.5 Å². The van der Waals surface area contributed by atoms with Crippen molar-refractivity contribution in [2.45, 2.75) is 39.8 Å². The quantitative estimate of drug-likeness (QED) is 0.268. The summed E-state index contributed by atoms with van der Waals surface area (Å²) < 4.78 is 5.51. The van der Waals surface area contributed by atoms with Gasteiger partial charge >= 0.3 is 6.09 Å². The molecule has 0 aliphatic heterocycles. The van der Waals surface area contributed by atoms with Crippen LogP contribution in [0.1, 0.15) is 44.4 Å². The van der Waals surface area contributed by atoms with E-state index in [2.05, 4.69) is 4.98 Å². The molecule has 2 N–H and O–H groups in total. The lowest BCUT2D eigenvalue weighted by atomic mass is 10.0. The highest BCUT2D eigenvalue weighted by Crippen LogP contribution is 2.33. The van der Waals surface area contributed by atoms with Gasteiger partial charge in [0.25, 0.3) is 0 Å². The van der Waals surface area contributed by atoms with Gasteiger partial charge in [-0.25, -0.2) is 9.79 Å². The summed E-state index contributed by atoms with van der Waals surface area (Å²) in [7, 11) is 0. The Morgan fingerprint density at radius 1 is 1.06 bits per heavy atom. The second-order valence-electron chi connectivity index (χ2n) is 9.53. The number of carbonyl (C=O) groups is 1. The molecule has 0 unspecified atom stereocenters. The first-order chi connectivity index (χ1) is 17.1. The molecular formula is C29H30ClN3O3. The van der Waals surface area contributed by atoms with Crippen LogP contribution in [0.15, 0.2) is 77.8 Å². The molecular weight excluding hydrogens is 474 g/mol. The minimum absolute atomic E-state index is 0.0300. The number of nitrogens with zero attached hydrogens (tertiary/aromatic N) is 2. The molecule has 0 aliphatic carbocycles. The van der Waals surface area contributed by atoms with Gasteiger partial charge in [-0.2, -0.15) is 0 Å². The molecule has 7 heteroatoms. The largest absolute Gasteiger partial charge is 0.494 e. The normalized spacial score (nSPS) is 12.1. The average molecular weight is 504 g/mol. The highest BCUT2D eigenvalue weighted by molar-refractivity contribution is 6.31. The lowest BCUT2D eigenvalue weighted by Crippen LogP contribution is -2.36. The summed E-state index contributed by atoms with van der Waals surface area (Å²) in [6.07, 6.45) is -0.339. The number of carbonyl (C=O) groups excluding carboxylic acids is 1. The third-order valence-corrected chi connectivity index (χ3v) is 5.84. The van der Waals surface area contributed by atoms with Crippen LogP contribution in [0.2, 0.25) is 5.02 Å². The third-order valence-electron chi connectivity index (χ3n) is 5.61. The summed E-state index contributed by atoms with van der Waals surface area (Å²) in [5, 5.41) is 12.2. The van der Waals surface area contributed by atoms with Crippen molar-refractivity contribution in [3.63, 3.8) is 0 Å². The highest BCUT2D eigenvalue weighted by Gasteiger charge is 2.22. The van der Waals surface area contributed by atoms with Gasteiger partial charge < -0.3 is 19.7 Å². The number of rotatable bonds is 6. The van der Waals surface area contributed by atoms with E-state index < -0.39 is 5.60 Å². The number of aliphatic imine (C=N–C) groups is 1. The number of benzene rings is 3. The van der Waals surface area contributed by atoms with Crippen LogP contribution in [0.3, 0.4) is 0 Å². The first-order valence-electron chi connectivity index (χ1n) is 11.9.